The molecule has 3 N–H and O–H groups in total. The third kappa shape index (κ3) is 2.17. The fraction of sp³-hybridized carbons (Fsp3) is 0.786. The van der Waals surface area contributed by atoms with Crippen molar-refractivity contribution in [2.24, 2.45) is 24.8 Å². The summed E-state index contributed by atoms with van der Waals surface area (Å²) < 4.78 is 29.9. The van der Waals surface area contributed by atoms with Crippen LogP contribution in [-0.2, 0) is 17.1 Å². The maximum absolute atomic E-state index is 12.7. The third-order valence-electron chi connectivity index (χ3n) is 5.50. The zero-order valence-corrected chi connectivity index (χ0v) is 13.1. The molecule has 1 aromatic heterocycles. The molecule has 4 saturated carbocycles. The van der Waals surface area contributed by atoms with Gasteiger partial charge in [0.1, 0.15) is 4.90 Å². The Morgan fingerprint density at radius 1 is 1.24 bits per heavy atom. The SMILES string of the molecule is Cn1cc(S(=O)(=O)NC23CC4CC(CC(C4)C2)C3)c(N)n1. The number of nitrogen functional groups attached to an aromatic ring is 1. The second-order valence-corrected chi connectivity index (χ2v) is 9.01. The summed E-state index contributed by atoms with van der Waals surface area (Å²) in [6.45, 7) is 0. The maximum Gasteiger partial charge on any atom is 0.246 e. The van der Waals surface area contributed by atoms with Gasteiger partial charge in [0, 0.05) is 18.8 Å². The highest BCUT2D eigenvalue weighted by atomic mass is 32.2. The van der Waals surface area contributed by atoms with Crippen LogP contribution in [0.5, 0.6) is 0 Å². The van der Waals surface area contributed by atoms with Gasteiger partial charge in [0.25, 0.3) is 0 Å². The Balaban J connectivity index is 1.65. The quantitative estimate of drug-likeness (QED) is 0.879. The minimum absolute atomic E-state index is 0.0785. The van der Waals surface area contributed by atoms with Gasteiger partial charge < -0.3 is 5.73 Å². The predicted octanol–water partition coefficient (Wildman–Crippen LogP) is 1.25. The average molecular weight is 310 g/mol. The number of nitrogens with one attached hydrogen (secondary N) is 1. The van der Waals surface area contributed by atoms with Gasteiger partial charge in [0.15, 0.2) is 5.82 Å². The van der Waals surface area contributed by atoms with Crippen LogP contribution in [0.4, 0.5) is 5.82 Å². The summed E-state index contributed by atoms with van der Waals surface area (Å²) in [5.41, 5.74) is 5.50. The van der Waals surface area contributed by atoms with Crippen molar-refractivity contribution in [3.63, 3.8) is 0 Å². The smallest absolute Gasteiger partial charge is 0.246 e. The van der Waals surface area contributed by atoms with E-state index in [0.29, 0.717) is 17.8 Å². The number of hydrogen-bond acceptors (Lipinski definition) is 4. The molecule has 0 radical (unpaired) electrons. The average Bonchev–Trinajstić information content (AvgIpc) is 2.65. The Hall–Kier alpha value is -1.08. The van der Waals surface area contributed by atoms with Crippen molar-refractivity contribution in [3.8, 4) is 0 Å². The first-order valence-corrected chi connectivity index (χ1v) is 9.17. The molecule has 4 fully saturated rings. The molecule has 0 spiro atoms. The van der Waals surface area contributed by atoms with Crippen LogP contribution in [0.15, 0.2) is 11.1 Å². The minimum atomic E-state index is -3.59. The van der Waals surface area contributed by atoms with E-state index >= 15 is 0 Å². The molecule has 1 aromatic rings. The van der Waals surface area contributed by atoms with Crippen molar-refractivity contribution in [1.82, 2.24) is 14.5 Å². The van der Waals surface area contributed by atoms with Crippen molar-refractivity contribution in [2.45, 2.75) is 49.0 Å². The molecule has 4 bridgehead atoms. The van der Waals surface area contributed by atoms with Crippen LogP contribution in [0, 0.1) is 17.8 Å². The zero-order chi connectivity index (χ0) is 14.8. The van der Waals surface area contributed by atoms with Crippen molar-refractivity contribution in [1.29, 1.82) is 0 Å². The molecule has 7 heteroatoms. The van der Waals surface area contributed by atoms with Gasteiger partial charge in [-0.05, 0) is 56.3 Å². The largest absolute Gasteiger partial charge is 0.381 e. The predicted molar refractivity (Wildman–Crippen MR) is 78.8 cm³/mol. The summed E-state index contributed by atoms with van der Waals surface area (Å²) in [4.78, 5) is 0.112. The van der Waals surface area contributed by atoms with Crippen molar-refractivity contribution < 1.29 is 8.42 Å². The summed E-state index contributed by atoms with van der Waals surface area (Å²) in [7, 11) is -1.91. The maximum atomic E-state index is 12.7. The molecular formula is C14H22N4O2S. The molecule has 21 heavy (non-hydrogen) atoms. The summed E-state index contributed by atoms with van der Waals surface area (Å²) in [5, 5.41) is 3.95. The van der Waals surface area contributed by atoms with Gasteiger partial charge in [-0.1, -0.05) is 0 Å². The van der Waals surface area contributed by atoms with Crippen LogP contribution in [0.25, 0.3) is 0 Å². The molecule has 0 aromatic carbocycles. The summed E-state index contributed by atoms with van der Waals surface area (Å²) >= 11 is 0. The highest BCUT2D eigenvalue weighted by molar-refractivity contribution is 7.89. The first-order chi connectivity index (χ1) is 9.85. The van der Waals surface area contributed by atoms with E-state index in [0.717, 1.165) is 19.3 Å². The third-order valence-corrected chi connectivity index (χ3v) is 7.10. The lowest BCUT2D eigenvalue weighted by molar-refractivity contribution is -0.00809. The molecule has 0 aliphatic heterocycles. The fourth-order valence-corrected chi connectivity index (χ4v) is 6.80. The Morgan fingerprint density at radius 2 is 1.76 bits per heavy atom. The van der Waals surface area contributed by atoms with Gasteiger partial charge in [-0.25, -0.2) is 13.1 Å². The van der Waals surface area contributed by atoms with Gasteiger partial charge in [0.2, 0.25) is 10.0 Å². The van der Waals surface area contributed by atoms with Gasteiger partial charge in [-0.3, -0.25) is 4.68 Å². The van der Waals surface area contributed by atoms with E-state index in [9.17, 15) is 8.42 Å². The van der Waals surface area contributed by atoms with E-state index in [2.05, 4.69) is 9.82 Å². The Bertz CT molecular complexity index is 644. The van der Waals surface area contributed by atoms with Crippen LogP contribution >= 0.6 is 0 Å². The molecule has 5 rings (SSSR count). The molecule has 0 amide bonds. The lowest BCUT2D eigenvalue weighted by atomic mass is 9.53. The van der Waals surface area contributed by atoms with Crippen LogP contribution < -0.4 is 10.5 Å². The number of aromatic nitrogens is 2. The Labute approximate surface area is 125 Å². The van der Waals surface area contributed by atoms with Crippen LogP contribution in [0.3, 0.4) is 0 Å². The molecule has 6 nitrogen and oxygen atoms in total. The number of nitrogens with two attached hydrogens (primary N) is 1. The molecule has 0 atom stereocenters. The topological polar surface area (TPSA) is 90.0 Å². The summed E-state index contributed by atoms with van der Waals surface area (Å²) in [6, 6.07) is 0. The molecule has 4 aliphatic carbocycles. The van der Waals surface area contributed by atoms with Crippen molar-refractivity contribution >= 4 is 15.8 Å². The number of sulfonamides is 1. The second-order valence-electron chi connectivity index (χ2n) is 7.36. The standard InChI is InChI=1S/C14H22N4O2S/c1-18-8-12(13(15)16-18)21(19,20)17-14-5-9-2-10(6-14)4-11(3-9)7-14/h8-11,17H,2-7H2,1H3,(H2,15,16). The van der Waals surface area contributed by atoms with E-state index < -0.39 is 10.0 Å². The highest BCUT2D eigenvalue weighted by Gasteiger charge is 2.52. The van der Waals surface area contributed by atoms with Crippen LogP contribution in [0.2, 0.25) is 0 Å². The molecular weight excluding hydrogens is 288 g/mol. The lowest BCUT2D eigenvalue weighted by Gasteiger charge is -2.56. The monoisotopic (exact) mass is 310 g/mol. The summed E-state index contributed by atoms with van der Waals surface area (Å²) in [6.07, 6.45) is 8.30. The second kappa shape index (κ2) is 4.23. The van der Waals surface area contributed by atoms with E-state index in [1.54, 1.807) is 7.05 Å². The Morgan fingerprint density at radius 3 is 2.19 bits per heavy atom. The molecule has 116 valence electrons. The van der Waals surface area contributed by atoms with Crippen molar-refractivity contribution in [2.75, 3.05) is 5.73 Å². The first kappa shape index (κ1) is 13.6. The van der Waals surface area contributed by atoms with Gasteiger partial charge in [-0.15, -0.1) is 0 Å². The number of nitrogens with zero attached hydrogens (tertiary/aromatic N) is 2. The number of aryl methyl sites for hydroxylation is 1. The molecule has 0 unspecified atom stereocenters. The van der Waals surface area contributed by atoms with E-state index in [-0.39, 0.29) is 16.3 Å². The normalized spacial score (nSPS) is 38.0. The molecule has 1 heterocycles. The Kier molecular flexibility index (Phi) is 2.73. The van der Waals surface area contributed by atoms with E-state index in [4.69, 9.17) is 5.73 Å². The van der Waals surface area contributed by atoms with Crippen LogP contribution in [0.1, 0.15) is 38.5 Å². The molecule has 4 aliphatic rings. The zero-order valence-electron chi connectivity index (χ0n) is 12.2. The first-order valence-electron chi connectivity index (χ1n) is 7.68. The number of anilines is 1. The van der Waals surface area contributed by atoms with Gasteiger partial charge in [0.05, 0.1) is 0 Å². The van der Waals surface area contributed by atoms with Crippen LogP contribution in [-0.4, -0.2) is 23.7 Å². The lowest BCUT2D eigenvalue weighted by Crippen LogP contribution is -2.59. The van der Waals surface area contributed by atoms with Gasteiger partial charge >= 0.3 is 0 Å². The minimum Gasteiger partial charge on any atom is -0.381 e. The fourth-order valence-electron chi connectivity index (χ4n) is 5.27. The van der Waals surface area contributed by atoms with E-state index in [1.807, 2.05) is 0 Å². The van der Waals surface area contributed by atoms with Gasteiger partial charge in [-0.2, -0.15) is 5.10 Å². The number of hydrogen-bond donors (Lipinski definition) is 2. The molecule has 0 saturated heterocycles. The number of rotatable bonds is 3. The highest BCUT2D eigenvalue weighted by Crippen LogP contribution is 2.56. The summed E-state index contributed by atoms with van der Waals surface area (Å²) in [5.74, 6) is 2.18. The van der Waals surface area contributed by atoms with E-state index in [1.165, 1.54) is 30.1 Å². The van der Waals surface area contributed by atoms with Crippen molar-refractivity contribution in [3.05, 3.63) is 6.20 Å².